The maximum absolute atomic E-state index is 13.7. The van der Waals surface area contributed by atoms with Gasteiger partial charge in [0.15, 0.2) is 5.41 Å². The third-order valence-electron chi connectivity index (χ3n) is 7.92. The number of fused-ring (bicyclic) bond motifs is 4. The summed E-state index contributed by atoms with van der Waals surface area (Å²) in [6.45, 7) is 3.76. The topological polar surface area (TPSA) is 131 Å². The summed E-state index contributed by atoms with van der Waals surface area (Å²) >= 11 is 0. The van der Waals surface area contributed by atoms with E-state index in [1.165, 1.54) is 20.2 Å². The Hall–Kier alpha value is -4.06. The molecule has 1 spiro atoms. The van der Waals surface area contributed by atoms with Gasteiger partial charge in [-0.2, -0.15) is 0 Å². The number of barbiturate groups is 2. The maximum atomic E-state index is 13.7. The second-order valence-electron chi connectivity index (χ2n) is 10.3. The van der Waals surface area contributed by atoms with Gasteiger partial charge in [0, 0.05) is 46.0 Å². The minimum Gasteiger partial charge on any atom is -0.364 e. The molecule has 4 aliphatic rings. The molecule has 1 atom stereocenters. The lowest BCUT2D eigenvalue weighted by Gasteiger charge is -2.55. The van der Waals surface area contributed by atoms with Gasteiger partial charge >= 0.3 is 12.1 Å². The van der Waals surface area contributed by atoms with Crippen LogP contribution >= 0.6 is 0 Å². The third-order valence-corrected chi connectivity index (χ3v) is 7.92. The first-order chi connectivity index (χ1) is 18.0. The molecular formula is C26H30N6O6. The number of piperazine rings is 1. The number of anilines is 1. The van der Waals surface area contributed by atoms with Crippen LogP contribution in [0.4, 0.5) is 15.3 Å². The van der Waals surface area contributed by atoms with Crippen molar-refractivity contribution in [2.45, 2.75) is 25.8 Å². The fourth-order valence-electron chi connectivity index (χ4n) is 5.98. The first kappa shape index (κ1) is 25.6. The second kappa shape index (κ2) is 9.05. The number of nitrogens with one attached hydrogen (secondary N) is 1. The molecule has 0 aromatic heterocycles. The van der Waals surface area contributed by atoms with E-state index in [4.69, 9.17) is 0 Å². The molecule has 1 aromatic carbocycles. The lowest BCUT2D eigenvalue weighted by molar-refractivity contribution is -0.160. The number of carbonyl (C=O) groups is 6. The van der Waals surface area contributed by atoms with Crippen molar-refractivity contribution in [2.24, 2.45) is 5.41 Å². The second-order valence-corrected chi connectivity index (χ2v) is 10.3. The smallest absolute Gasteiger partial charge is 0.332 e. The van der Waals surface area contributed by atoms with E-state index in [1.807, 2.05) is 20.0 Å². The number of likely N-dealkylation sites (N-methyl/N-ethyl adjacent to an activating group) is 1. The van der Waals surface area contributed by atoms with Crippen LogP contribution in [0.25, 0.3) is 6.08 Å². The molecule has 3 saturated heterocycles. The molecule has 0 radical (unpaired) electrons. The molecule has 3 fully saturated rings. The van der Waals surface area contributed by atoms with Gasteiger partial charge in [0.05, 0.1) is 6.04 Å². The number of hydrogen-bond acceptors (Lipinski definition) is 8. The van der Waals surface area contributed by atoms with Crippen molar-refractivity contribution in [3.05, 3.63) is 34.9 Å². The molecule has 4 heterocycles. The number of urea groups is 2. The first-order valence-corrected chi connectivity index (χ1v) is 12.6. The van der Waals surface area contributed by atoms with Crippen LogP contribution in [0.5, 0.6) is 0 Å². The highest BCUT2D eigenvalue weighted by Gasteiger charge is 2.63. The summed E-state index contributed by atoms with van der Waals surface area (Å²) in [5.74, 6) is -2.53. The van der Waals surface area contributed by atoms with Crippen LogP contribution in [-0.2, 0) is 25.6 Å². The van der Waals surface area contributed by atoms with E-state index in [-0.39, 0.29) is 18.5 Å². The minimum absolute atomic E-state index is 0.0641. The highest BCUT2D eigenvalue weighted by atomic mass is 16.2. The summed E-state index contributed by atoms with van der Waals surface area (Å²) in [4.78, 5) is 84.7. The number of imide groups is 4. The van der Waals surface area contributed by atoms with Gasteiger partial charge in [-0.25, -0.2) is 9.59 Å². The van der Waals surface area contributed by atoms with Gasteiger partial charge in [-0.1, -0.05) is 13.0 Å². The summed E-state index contributed by atoms with van der Waals surface area (Å²) < 4.78 is 0. The van der Waals surface area contributed by atoms with Gasteiger partial charge < -0.3 is 9.80 Å². The van der Waals surface area contributed by atoms with Gasteiger partial charge in [-0.3, -0.25) is 39.2 Å². The van der Waals surface area contributed by atoms with E-state index in [9.17, 15) is 28.8 Å². The fraction of sp³-hybridized carbons (Fsp3) is 0.462. The monoisotopic (exact) mass is 522 g/mol. The molecule has 0 saturated carbocycles. The predicted octanol–water partition coefficient (Wildman–Crippen LogP) is 0.272. The highest BCUT2D eigenvalue weighted by Crippen LogP contribution is 2.47. The fourth-order valence-corrected chi connectivity index (χ4v) is 5.98. The number of hydrogen-bond donors (Lipinski definition) is 1. The summed E-state index contributed by atoms with van der Waals surface area (Å²) in [5, 5.41) is 2.20. The zero-order valence-electron chi connectivity index (χ0n) is 21.8. The normalized spacial score (nSPS) is 24.8. The van der Waals surface area contributed by atoms with Gasteiger partial charge in [-0.05, 0) is 49.2 Å². The average molecular weight is 523 g/mol. The van der Waals surface area contributed by atoms with Gasteiger partial charge in [-0.15, -0.1) is 0 Å². The van der Waals surface area contributed by atoms with Gasteiger partial charge in [0.25, 0.3) is 11.8 Å². The zero-order valence-corrected chi connectivity index (χ0v) is 21.8. The van der Waals surface area contributed by atoms with E-state index < -0.39 is 47.1 Å². The standard InChI is InChI=1S/C26H30N6O6/c1-5-8-32-21(34)17(20(33)27-24(32)37)12-15-6-7-18-16(11-15)13-26(19-14-28(2)9-10-31(18)19)22(35)29(3)25(38)30(4)23(26)36/h6-7,11-12,19H,5,8-10,13-14H2,1-4H3,(H,27,33,37)/b17-12+/t19-/m1/s1. The first-order valence-electron chi connectivity index (χ1n) is 12.6. The van der Waals surface area contributed by atoms with Crippen molar-refractivity contribution in [3.8, 4) is 0 Å². The summed E-state index contributed by atoms with van der Waals surface area (Å²) in [6, 6.07) is 3.51. The minimum atomic E-state index is -1.51. The zero-order chi connectivity index (χ0) is 27.5. The molecule has 200 valence electrons. The van der Waals surface area contributed by atoms with Crippen molar-refractivity contribution >= 4 is 47.5 Å². The Bertz CT molecular complexity index is 1300. The average Bonchev–Trinajstić information content (AvgIpc) is 2.89. The van der Waals surface area contributed by atoms with Gasteiger partial charge in [0.2, 0.25) is 11.8 Å². The molecular weight excluding hydrogens is 492 g/mol. The van der Waals surface area contributed by atoms with Gasteiger partial charge in [0.1, 0.15) is 5.57 Å². The maximum Gasteiger partial charge on any atom is 0.332 e. The van der Waals surface area contributed by atoms with Crippen molar-refractivity contribution in [1.29, 1.82) is 0 Å². The van der Waals surface area contributed by atoms with Crippen molar-refractivity contribution in [2.75, 3.05) is 52.2 Å². The Labute approximate surface area is 219 Å². The SMILES string of the molecule is CCCN1C(=O)NC(=O)/C(=C\c2ccc3c(c2)CC2(C(=O)N(C)C(=O)N(C)C2=O)[C@H]2CN(C)CCN32)C1=O. The number of rotatable bonds is 3. The van der Waals surface area contributed by atoms with Crippen molar-refractivity contribution < 1.29 is 28.8 Å². The largest absolute Gasteiger partial charge is 0.364 e. The van der Waals surface area contributed by atoms with Crippen LogP contribution in [0.2, 0.25) is 0 Å². The predicted molar refractivity (Wildman–Crippen MR) is 136 cm³/mol. The van der Waals surface area contributed by atoms with Crippen LogP contribution in [-0.4, -0.2) is 109 Å². The molecule has 8 amide bonds. The van der Waals surface area contributed by atoms with Crippen LogP contribution in [0.15, 0.2) is 23.8 Å². The van der Waals surface area contributed by atoms with Crippen LogP contribution in [0.1, 0.15) is 24.5 Å². The van der Waals surface area contributed by atoms with Crippen LogP contribution < -0.4 is 10.2 Å². The Morgan fingerprint density at radius 2 is 1.68 bits per heavy atom. The van der Waals surface area contributed by atoms with E-state index in [2.05, 4.69) is 15.1 Å². The number of carbonyl (C=O) groups excluding carboxylic acids is 6. The number of benzene rings is 1. The van der Waals surface area contributed by atoms with Crippen molar-refractivity contribution in [1.82, 2.24) is 24.9 Å². The molecule has 5 rings (SSSR count). The quantitative estimate of drug-likeness (QED) is 0.340. The molecule has 1 aromatic rings. The van der Waals surface area contributed by atoms with Crippen LogP contribution in [0.3, 0.4) is 0 Å². The molecule has 0 bridgehead atoms. The molecule has 12 heteroatoms. The Morgan fingerprint density at radius 3 is 2.34 bits per heavy atom. The molecule has 0 unspecified atom stereocenters. The number of amides is 8. The summed E-state index contributed by atoms with van der Waals surface area (Å²) in [5.41, 5.74) is 0.400. The van der Waals surface area contributed by atoms with Crippen LogP contribution in [0, 0.1) is 5.41 Å². The molecule has 12 nitrogen and oxygen atoms in total. The molecule has 1 N–H and O–H groups in total. The summed E-state index contributed by atoms with van der Waals surface area (Å²) in [6.07, 6.45) is 2.03. The Morgan fingerprint density at radius 1 is 1.00 bits per heavy atom. The lowest BCUT2D eigenvalue weighted by Crippen LogP contribution is -2.74. The lowest BCUT2D eigenvalue weighted by atomic mass is 9.67. The summed E-state index contributed by atoms with van der Waals surface area (Å²) in [7, 11) is 4.71. The molecule has 38 heavy (non-hydrogen) atoms. The van der Waals surface area contributed by atoms with E-state index in [0.29, 0.717) is 30.6 Å². The molecule has 4 aliphatic heterocycles. The Kier molecular flexibility index (Phi) is 6.09. The Balaban J connectivity index is 1.60. The van der Waals surface area contributed by atoms with E-state index in [1.54, 1.807) is 12.1 Å². The third kappa shape index (κ3) is 3.62. The number of nitrogens with zero attached hydrogens (tertiary/aromatic N) is 5. The molecule has 0 aliphatic carbocycles. The highest BCUT2D eigenvalue weighted by molar-refractivity contribution is 6.31. The van der Waals surface area contributed by atoms with E-state index in [0.717, 1.165) is 26.9 Å². The van der Waals surface area contributed by atoms with E-state index >= 15 is 0 Å². The van der Waals surface area contributed by atoms with Crippen molar-refractivity contribution in [3.63, 3.8) is 0 Å².